The first-order valence-electron chi connectivity index (χ1n) is 5.70. The van der Waals surface area contributed by atoms with Gasteiger partial charge < -0.3 is 10.5 Å². The number of rotatable bonds is 3. The third-order valence-electron chi connectivity index (χ3n) is 2.76. The van der Waals surface area contributed by atoms with E-state index in [0.717, 1.165) is 16.8 Å². The van der Waals surface area contributed by atoms with E-state index in [1.165, 1.54) is 4.68 Å². The summed E-state index contributed by atoms with van der Waals surface area (Å²) in [7, 11) is 1.56. The van der Waals surface area contributed by atoms with Crippen molar-refractivity contribution in [2.24, 2.45) is 0 Å². The maximum Gasteiger partial charge on any atom is 0.294 e. The van der Waals surface area contributed by atoms with Crippen molar-refractivity contribution in [2.75, 3.05) is 12.8 Å². The summed E-state index contributed by atoms with van der Waals surface area (Å²) in [6.45, 7) is 4.27. The first kappa shape index (κ1) is 12.4. The smallest absolute Gasteiger partial charge is 0.294 e. The molecule has 0 saturated heterocycles. The van der Waals surface area contributed by atoms with Crippen molar-refractivity contribution in [3.63, 3.8) is 0 Å². The second-order valence-electron chi connectivity index (χ2n) is 4.42. The van der Waals surface area contributed by atoms with E-state index in [1.54, 1.807) is 7.11 Å². The van der Waals surface area contributed by atoms with Crippen LogP contribution >= 0.6 is 0 Å². The van der Waals surface area contributed by atoms with Gasteiger partial charge in [0.2, 0.25) is 0 Å². The van der Waals surface area contributed by atoms with Gasteiger partial charge in [0, 0.05) is 7.11 Å². The van der Waals surface area contributed by atoms with Crippen molar-refractivity contribution in [1.29, 1.82) is 0 Å². The van der Waals surface area contributed by atoms with Crippen molar-refractivity contribution in [1.82, 2.24) is 9.78 Å². The molecule has 0 radical (unpaired) electrons. The van der Waals surface area contributed by atoms with Gasteiger partial charge in [-0.3, -0.25) is 9.89 Å². The fraction of sp³-hybridized carbons (Fsp3) is 0.308. The van der Waals surface area contributed by atoms with Crippen LogP contribution in [0, 0.1) is 13.8 Å². The number of anilines is 1. The van der Waals surface area contributed by atoms with E-state index in [9.17, 15) is 4.79 Å². The van der Waals surface area contributed by atoms with Crippen LogP contribution in [0.25, 0.3) is 5.69 Å². The zero-order chi connectivity index (χ0) is 13.3. The molecule has 5 heteroatoms. The highest BCUT2D eigenvalue weighted by molar-refractivity contribution is 5.46. The van der Waals surface area contributed by atoms with Gasteiger partial charge in [0.05, 0.1) is 18.0 Å². The predicted octanol–water partition coefficient (Wildman–Crippen LogP) is 1.51. The molecule has 18 heavy (non-hydrogen) atoms. The first-order valence-corrected chi connectivity index (χ1v) is 5.70. The number of nitrogens with zero attached hydrogens (tertiary/aromatic N) is 1. The van der Waals surface area contributed by atoms with E-state index in [-0.39, 0.29) is 11.2 Å². The van der Waals surface area contributed by atoms with Crippen LogP contribution in [-0.2, 0) is 11.3 Å². The van der Waals surface area contributed by atoms with Gasteiger partial charge >= 0.3 is 0 Å². The summed E-state index contributed by atoms with van der Waals surface area (Å²) in [6, 6.07) is 5.92. The Balaban J connectivity index is 2.57. The number of aryl methyl sites for hydroxylation is 2. The summed E-state index contributed by atoms with van der Waals surface area (Å²) in [4.78, 5) is 12.0. The van der Waals surface area contributed by atoms with Crippen LogP contribution in [0.3, 0.4) is 0 Å². The van der Waals surface area contributed by atoms with Gasteiger partial charge in [-0.2, -0.15) is 0 Å². The fourth-order valence-electron chi connectivity index (χ4n) is 2.01. The van der Waals surface area contributed by atoms with Gasteiger partial charge in [0.25, 0.3) is 5.56 Å². The van der Waals surface area contributed by atoms with Crippen LogP contribution in [0.2, 0.25) is 0 Å². The number of nitrogens with one attached hydrogen (secondary N) is 1. The molecule has 0 bridgehead atoms. The van der Waals surface area contributed by atoms with Crippen LogP contribution in [0.1, 0.15) is 16.8 Å². The third kappa shape index (κ3) is 2.17. The number of aromatic nitrogens is 2. The van der Waals surface area contributed by atoms with Crippen LogP contribution in [-0.4, -0.2) is 16.9 Å². The number of aromatic amines is 1. The van der Waals surface area contributed by atoms with E-state index in [2.05, 4.69) is 11.2 Å². The zero-order valence-corrected chi connectivity index (χ0v) is 10.8. The van der Waals surface area contributed by atoms with Gasteiger partial charge in [-0.15, -0.1) is 0 Å². The molecule has 0 atom stereocenters. The third-order valence-corrected chi connectivity index (χ3v) is 2.76. The summed E-state index contributed by atoms with van der Waals surface area (Å²) in [5.41, 5.74) is 9.29. The lowest BCUT2D eigenvalue weighted by atomic mass is 10.1. The minimum absolute atomic E-state index is 0.205. The van der Waals surface area contributed by atoms with E-state index >= 15 is 0 Å². The SMILES string of the molecule is COCc1[nH]n(-c2cc(C)cc(C)c2)c(=O)c1N. The second kappa shape index (κ2) is 4.70. The highest BCUT2D eigenvalue weighted by atomic mass is 16.5. The molecule has 0 fully saturated rings. The molecule has 0 amide bonds. The molecular formula is C13H17N3O2. The molecule has 5 nitrogen and oxygen atoms in total. The molecule has 2 rings (SSSR count). The summed E-state index contributed by atoms with van der Waals surface area (Å²) in [5.74, 6) is 0. The maximum atomic E-state index is 12.0. The van der Waals surface area contributed by atoms with Crippen molar-refractivity contribution in [2.45, 2.75) is 20.5 Å². The lowest BCUT2D eigenvalue weighted by molar-refractivity contribution is 0.181. The van der Waals surface area contributed by atoms with E-state index in [1.807, 2.05) is 26.0 Å². The second-order valence-corrected chi connectivity index (χ2v) is 4.42. The maximum absolute atomic E-state index is 12.0. The van der Waals surface area contributed by atoms with Crippen LogP contribution in [0.5, 0.6) is 0 Å². The molecule has 2 aromatic rings. The van der Waals surface area contributed by atoms with Crippen molar-refractivity contribution >= 4 is 5.69 Å². The van der Waals surface area contributed by atoms with Crippen molar-refractivity contribution < 1.29 is 4.74 Å². The Labute approximate surface area is 105 Å². The Bertz CT molecular complexity index is 605. The molecule has 0 spiro atoms. The number of nitrogen functional groups attached to an aromatic ring is 1. The predicted molar refractivity (Wildman–Crippen MR) is 71.0 cm³/mol. The highest BCUT2D eigenvalue weighted by Gasteiger charge is 2.12. The van der Waals surface area contributed by atoms with E-state index in [0.29, 0.717) is 12.3 Å². The van der Waals surface area contributed by atoms with Gasteiger partial charge in [0.15, 0.2) is 0 Å². The number of hydrogen-bond acceptors (Lipinski definition) is 3. The molecule has 96 valence electrons. The average molecular weight is 247 g/mol. The van der Waals surface area contributed by atoms with E-state index in [4.69, 9.17) is 10.5 Å². The Kier molecular flexibility index (Phi) is 3.25. The lowest BCUT2D eigenvalue weighted by Crippen LogP contribution is -2.16. The number of ether oxygens (including phenoxy) is 1. The van der Waals surface area contributed by atoms with Crippen LogP contribution in [0.15, 0.2) is 23.0 Å². The molecule has 3 N–H and O–H groups in total. The summed E-state index contributed by atoms with van der Waals surface area (Å²) in [6.07, 6.45) is 0. The number of H-pyrrole nitrogens is 1. The zero-order valence-electron chi connectivity index (χ0n) is 10.8. The fourth-order valence-corrected chi connectivity index (χ4v) is 2.01. The minimum atomic E-state index is -0.243. The summed E-state index contributed by atoms with van der Waals surface area (Å²) >= 11 is 0. The average Bonchev–Trinajstić information content (AvgIpc) is 2.57. The first-order chi connectivity index (χ1) is 8.52. The van der Waals surface area contributed by atoms with Gasteiger partial charge in [-0.25, -0.2) is 4.68 Å². The molecule has 1 aromatic heterocycles. The molecule has 0 saturated carbocycles. The lowest BCUT2D eigenvalue weighted by Gasteiger charge is -2.05. The van der Waals surface area contributed by atoms with Crippen LogP contribution < -0.4 is 11.3 Å². The standard InChI is InChI=1S/C13H17N3O2/c1-8-4-9(2)6-10(5-8)16-13(17)12(14)11(15-16)7-18-3/h4-6,15H,7,14H2,1-3H3. The molecule has 0 aliphatic heterocycles. The highest BCUT2D eigenvalue weighted by Crippen LogP contribution is 2.14. The monoisotopic (exact) mass is 247 g/mol. The van der Waals surface area contributed by atoms with Crippen molar-refractivity contribution in [3.05, 3.63) is 45.4 Å². The number of nitrogens with two attached hydrogens (primary N) is 1. The molecule has 1 aromatic carbocycles. The largest absolute Gasteiger partial charge is 0.393 e. The van der Waals surface area contributed by atoms with Gasteiger partial charge in [-0.1, -0.05) is 6.07 Å². The Morgan fingerprint density at radius 3 is 2.44 bits per heavy atom. The summed E-state index contributed by atoms with van der Waals surface area (Å²) in [5, 5.41) is 2.98. The Hall–Kier alpha value is -2.01. The number of methoxy groups -OCH3 is 1. The molecule has 1 heterocycles. The summed E-state index contributed by atoms with van der Waals surface area (Å²) < 4.78 is 6.44. The number of benzene rings is 1. The molecule has 0 unspecified atom stereocenters. The van der Waals surface area contributed by atoms with Crippen LogP contribution in [0.4, 0.5) is 5.69 Å². The Morgan fingerprint density at radius 1 is 1.28 bits per heavy atom. The Morgan fingerprint density at radius 2 is 1.89 bits per heavy atom. The van der Waals surface area contributed by atoms with Gasteiger partial charge in [-0.05, 0) is 37.1 Å². The normalized spacial score (nSPS) is 10.8. The minimum Gasteiger partial charge on any atom is -0.393 e. The number of hydrogen-bond donors (Lipinski definition) is 2. The molecular weight excluding hydrogens is 230 g/mol. The van der Waals surface area contributed by atoms with E-state index < -0.39 is 0 Å². The van der Waals surface area contributed by atoms with Crippen molar-refractivity contribution in [3.8, 4) is 5.69 Å². The molecule has 0 aliphatic carbocycles. The molecule has 0 aliphatic rings. The topological polar surface area (TPSA) is 73.0 Å². The quantitative estimate of drug-likeness (QED) is 0.863. The van der Waals surface area contributed by atoms with Gasteiger partial charge in [0.1, 0.15) is 5.69 Å².